The molecule has 0 bridgehead atoms. The Labute approximate surface area is 118 Å². The van der Waals surface area contributed by atoms with Crippen molar-refractivity contribution in [1.29, 1.82) is 0 Å². The topological polar surface area (TPSA) is 91.3 Å². The lowest BCUT2D eigenvalue weighted by Gasteiger charge is -2.34. The zero-order valence-corrected chi connectivity index (χ0v) is 11.9. The van der Waals surface area contributed by atoms with Gasteiger partial charge in [0.15, 0.2) is 12.4 Å². The van der Waals surface area contributed by atoms with Gasteiger partial charge in [-0.2, -0.15) is 0 Å². The van der Waals surface area contributed by atoms with Crippen LogP contribution in [0.3, 0.4) is 0 Å². The maximum atomic E-state index is 11.1. The summed E-state index contributed by atoms with van der Waals surface area (Å²) >= 11 is 0. The zero-order chi connectivity index (χ0) is 15.0. The molecule has 0 aromatic heterocycles. The average Bonchev–Trinajstić information content (AvgIpc) is 2.36. The molecule has 1 aliphatic rings. The van der Waals surface area contributed by atoms with Crippen LogP contribution in [-0.2, 0) is 28.5 Å². The highest BCUT2D eigenvalue weighted by Crippen LogP contribution is 2.21. The van der Waals surface area contributed by atoms with Crippen molar-refractivity contribution in [2.75, 3.05) is 19.8 Å². The van der Waals surface area contributed by atoms with E-state index in [-0.39, 0.29) is 13.2 Å². The van der Waals surface area contributed by atoms with Crippen molar-refractivity contribution < 1.29 is 33.6 Å². The van der Waals surface area contributed by atoms with Crippen LogP contribution >= 0.6 is 0 Å². The second-order valence-corrected chi connectivity index (χ2v) is 4.60. The fourth-order valence-electron chi connectivity index (χ4n) is 1.92. The number of carbonyl (C=O) groups is 2. The highest BCUT2D eigenvalue weighted by Gasteiger charge is 2.36. The predicted molar refractivity (Wildman–Crippen MR) is 67.7 cm³/mol. The van der Waals surface area contributed by atoms with Crippen LogP contribution in [0, 0.1) is 0 Å². The Hall–Kier alpha value is -1.18. The van der Waals surface area contributed by atoms with Gasteiger partial charge in [-0.15, -0.1) is 0 Å². The second-order valence-electron chi connectivity index (χ2n) is 4.60. The van der Waals surface area contributed by atoms with Gasteiger partial charge >= 0.3 is 11.9 Å². The van der Waals surface area contributed by atoms with E-state index in [1.165, 1.54) is 13.8 Å². The van der Waals surface area contributed by atoms with Gasteiger partial charge in [0.05, 0.1) is 6.61 Å². The Morgan fingerprint density at radius 1 is 1.15 bits per heavy atom. The smallest absolute Gasteiger partial charge is 0.303 e. The number of carbonyl (C=O) groups excluding carboxylic acids is 2. The van der Waals surface area contributed by atoms with Crippen LogP contribution in [-0.4, -0.2) is 55.4 Å². The van der Waals surface area contributed by atoms with E-state index in [0.29, 0.717) is 19.4 Å². The molecule has 0 radical (unpaired) electrons. The Morgan fingerprint density at radius 2 is 1.80 bits per heavy atom. The number of rotatable bonds is 7. The van der Waals surface area contributed by atoms with E-state index in [4.69, 9.17) is 24.1 Å². The van der Waals surface area contributed by atoms with Gasteiger partial charge in [-0.3, -0.25) is 9.59 Å². The normalized spacial score (nSPS) is 26.1. The molecule has 0 saturated carbocycles. The van der Waals surface area contributed by atoms with Gasteiger partial charge in [-0.1, -0.05) is 0 Å². The van der Waals surface area contributed by atoms with Crippen LogP contribution in [0.25, 0.3) is 0 Å². The SMILES string of the molecule is CC(=O)OC1COC(OCCCCO)CC1OC(C)=O. The molecule has 0 amide bonds. The van der Waals surface area contributed by atoms with Gasteiger partial charge in [0.1, 0.15) is 6.10 Å². The summed E-state index contributed by atoms with van der Waals surface area (Å²) in [6, 6.07) is 0. The van der Waals surface area contributed by atoms with E-state index in [2.05, 4.69) is 0 Å². The molecule has 0 aromatic carbocycles. The summed E-state index contributed by atoms with van der Waals surface area (Å²) in [4.78, 5) is 22.1. The lowest BCUT2D eigenvalue weighted by Crippen LogP contribution is -2.46. The van der Waals surface area contributed by atoms with E-state index < -0.39 is 30.4 Å². The van der Waals surface area contributed by atoms with E-state index in [1.54, 1.807) is 0 Å². The van der Waals surface area contributed by atoms with Crippen LogP contribution in [0.4, 0.5) is 0 Å². The Kier molecular flexibility index (Phi) is 7.50. The molecule has 1 rings (SSSR count). The van der Waals surface area contributed by atoms with Crippen molar-refractivity contribution in [2.45, 2.75) is 51.6 Å². The fraction of sp³-hybridized carbons (Fsp3) is 0.846. The highest BCUT2D eigenvalue weighted by atomic mass is 16.7. The van der Waals surface area contributed by atoms with Crippen LogP contribution < -0.4 is 0 Å². The summed E-state index contributed by atoms with van der Waals surface area (Å²) in [5.74, 6) is -0.883. The summed E-state index contributed by atoms with van der Waals surface area (Å²) in [6.45, 7) is 3.30. The van der Waals surface area contributed by atoms with E-state index in [0.717, 1.165) is 6.42 Å². The number of hydrogen-bond acceptors (Lipinski definition) is 7. The van der Waals surface area contributed by atoms with E-state index in [1.807, 2.05) is 0 Å². The highest BCUT2D eigenvalue weighted by molar-refractivity contribution is 5.67. The molecule has 3 unspecified atom stereocenters. The largest absolute Gasteiger partial charge is 0.458 e. The third-order valence-electron chi connectivity index (χ3n) is 2.78. The number of unbranched alkanes of at least 4 members (excludes halogenated alkanes) is 1. The fourth-order valence-corrected chi connectivity index (χ4v) is 1.92. The summed E-state index contributed by atoms with van der Waals surface area (Å²) in [7, 11) is 0. The second kappa shape index (κ2) is 8.89. The number of esters is 2. The van der Waals surface area contributed by atoms with Gasteiger partial charge in [0, 0.05) is 33.5 Å². The van der Waals surface area contributed by atoms with Gasteiger partial charge in [0.2, 0.25) is 0 Å². The molecule has 1 heterocycles. The monoisotopic (exact) mass is 290 g/mol. The van der Waals surface area contributed by atoms with Gasteiger partial charge < -0.3 is 24.1 Å². The summed E-state index contributed by atoms with van der Waals surface area (Å²) in [5, 5.41) is 8.67. The quantitative estimate of drug-likeness (QED) is 0.535. The van der Waals surface area contributed by atoms with Crippen molar-refractivity contribution in [2.24, 2.45) is 0 Å². The van der Waals surface area contributed by atoms with Crippen molar-refractivity contribution >= 4 is 11.9 Å². The molecular weight excluding hydrogens is 268 g/mol. The first-order valence-corrected chi connectivity index (χ1v) is 6.71. The predicted octanol–water partition coefficient (Wildman–Crippen LogP) is 0.385. The standard InChI is InChI=1S/C13H22O7/c1-9(15)19-11-7-13(17-6-4-3-5-14)18-8-12(11)20-10(2)16/h11-14H,3-8H2,1-2H3. The Bertz CT molecular complexity index is 318. The maximum absolute atomic E-state index is 11.1. The third-order valence-corrected chi connectivity index (χ3v) is 2.78. The molecule has 0 aliphatic carbocycles. The molecule has 116 valence electrons. The van der Waals surface area contributed by atoms with E-state index in [9.17, 15) is 9.59 Å². The summed E-state index contributed by atoms with van der Waals surface area (Å²) < 4.78 is 21.1. The van der Waals surface area contributed by atoms with Crippen LogP contribution in [0.1, 0.15) is 33.1 Å². The van der Waals surface area contributed by atoms with Crippen LogP contribution in [0.2, 0.25) is 0 Å². The van der Waals surface area contributed by atoms with Gasteiger partial charge in [-0.05, 0) is 12.8 Å². The lowest BCUT2D eigenvalue weighted by atomic mass is 10.1. The molecule has 1 saturated heterocycles. The number of hydrogen-bond donors (Lipinski definition) is 1. The lowest BCUT2D eigenvalue weighted by molar-refractivity contribution is -0.231. The Morgan fingerprint density at radius 3 is 2.40 bits per heavy atom. The molecule has 1 N–H and O–H groups in total. The first-order valence-electron chi connectivity index (χ1n) is 6.71. The first kappa shape index (κ1) is 16.9. The minimum absolute atomic E-state index is 0.124. The number of aliphatic hydroxyl groups excluding tert-OH is 1. The van der Waals surface area contributed by atoms with Crippen molar-refractivity contribution in [3.8, 4) is 0 Å². The summed E-state index contributed by atoms with van der Waals surface area (Å²) in [6.07, 6.45) is 0.0425. The van der Waals surface area contributed by atoms with Crippen LogP contribution in [0.5, 0.6) is 0 Å². The molecule has 1 aliphatic heterocycles. The van der Waals surface area contributed by atoms with Gasteiger partial charge in [0.25, 0.3) is 0 Å². The molecule has 7 nitrogen and oxygen atoms in total. The van der Waals surface area contributed by atoms with Gasteiger partial charge in [-0.25, -0.2) is 0 Å². The number of ether oxygens (including phenoxy) is 4. The molecule has 0 spiro atoms. The minimum atomic E-state index is -0.603. The van der Waals surface area contributed by atoms with Crippen LogP contribution in [0.15, 0.2) is 0 Å². The first-order chi connectivity index (χ1) is 9.52. The minimum Gasteiger partial charge on any atom is -0.458 e. The molecule has 3 atom stereocenters. The third kappa shape index (κ3) is 6.31. The molecule has 0 aromatic rings. The van der Waals surface area contributed by atoms with E-state index >= 15 is 0 Å². The molecule has 1 fully saturated rings. The molecular formula is C13H22O7. The van der Waals surface area contributed by atoms with Crippen molar-refractivity contribution in [3.63, 3.8) is 0 Å². The Balaban J connectivity index is 2.44. The maximum Gasteiger partial charge on any atom is 0.303 e. The van der Waals surface area contributed by atoms with Crippen molar-refractivity contribution in [1.82, 2.24) is 0 Å². The zero-order valence-electron chi connectivity index (χ0n) is 11.9. The van der Waals surface area contributed by atoms with Crippen molar-refractivity contribution in [3.05, 3.63) is 0 Å². The number of aliphatic hydroxyl groups is 1. The molecule has 20 heavy (non-hydrogen) atoms. The average molecular weight is 290 g/mol. The molecule has 7 heteroatoms. The summed E-state index contributed by atoms with van der Waals surface area (Å²) in [5.41, 5.74) is 0.